The average Bonchev–Trinajstić information content (AvgIpc) is 2.70. The van der Waals surface area contributed by atoms with E-state index in [1.165, 1.54) is 0 Å². The van der Waals surface area contributed by atoms with Gasteiger partial charge in [0.25, 0.3) is 0 Å². The summed E-state index contributed by atoms with van der Waals surface area (Å²) in [5, 5.41) is 2.94. The summed E-state index contributed by atoms with van der Waals surface area (Å²) in [4.78, 5) is 25.5. The molecule has 1 aliphatic heterocycles. The molecule has 0 saturated carbocycles. The molecule has 108 valence electrons. The largest absolute Gasteiger partial charge is 0.326 e. The SMILES string of the molecule is Cc1ccc(NC(=O)C(C)C)cc1N1CC(S)CC1=O. The van der Waals surface area contributed by atoms with Crippen LogP contribution >= 0.6 is 12.6 Å². The van der Waals surface area contributed by atoms with E-state index in [2.05, 4.69) is 17.9 Å². The molecule has 1 fully saturated rings. The first kappa shape index (κ1) is 14.9. The molecule has 1 N–H and O–H groups in total. The molecule has 1 saturated heterocycles. The molecule has 0 aliphatic carbocycles. The summed E-state index contributed by atoms with van der Waals surface area (Å²) >= 11 is 4.37. The Morgan fingerprint density at radius 2 is 2.15 bits per heavy atom. The number of nitrogens with zero attached hydrogens (tertiary/aromatic N) is 1. The minimum absolute atomic E-state index is 0.0281. The monoisotopic (exact) mass is 292 g/mol. The van der Waals surface area contributed by atoms with Crippen molar-refractivity contribution in [1.29, 1.82) is 0 Å². The second-order valence-corrected chi connectivity index (χ2v) is 6.24. The number of rotatable bonds is 3. The number of nitrogens with one attached hydrogen (secondary N) is 1. The first-order valence-electron chi connectivity index (χ1n) is 6.78. The summed E-state index contributed by atoms with van der Waals surface area (Å²) in [6.45, 7) is 6.27. The fourth-order valence-electron chi connectivity index (χ4n) is 2.19. The van der Waals surface area contributed by atoms with Gasteiger partial charge in [-0.15, -0.1) is 0 Å². The molecule has 0 radical (unpaired) electrons. The number of benzene rings is 1. The van der Waals surface area contributed by atoms with Crippen LogP contribution in [-0.4, -0.2) is 23.6 Å². The van der Waals surface area contributed by atoms with E-state index < -0.39 is 0 Å². The zero-order chi connectivity index (χ0) is 14.9. The Hall–Kier alpha value is -1.49. The zero-order valence-electron chi connectivity index (χ0n) is 12.0. The van der Waals surface area contributed by atoms with E-state index in [4.69, 9.17) is 0 Å². The molecule has 1 aromatic rings. The smallest absolute Gasteiger partial charge is 0.228 e. The van der Waals surface area contributed by atoms with Gasteiger partial charge in [0.15, 0.2) is 0 Å². The van der Waals surface area contributed by atoms with Crippen LogP contribution in [0.3, 0.4) is 0 Å². The Balaban J connectivity index is 2.25. The number of carbonyl (C=O) groups is 2. The quantitative estimate of drug-likeness (QED) is 0.841. The number of hydrogen-bond donors (Lipinski definition) is 2. The van der Waals surface area contributed by atoms with E-state index in [-0.39, 0.29) is 23.0 Å². The van der Waals surface area contributed by atoms with E-state index in [0.717, 1.165) is 16.9 Å². The van der Waals surface area contributed by atoms with Gasteiger partial charge < -0.3 is 10.2 Å². The second kappa shape index (κ2) is 5.87. The van der Waals surface area contributed by atoms with E-state index in [1.807, 2.05) is 39.0 Å². The molecule has 1 unspecified atom stereocenters. The van der Waals surface area contributed by atoms with E-state index in [0.29, 0.717) is 13.0 Å². The Labute approximate surface area is 124 Å². The van der Waals surface area contributed by atoms with E-state index >= 15 is 0 Å². The lowest BCUT2D eigenvalue weighted by Crippen LogP contribution is -2.26. The van der Waals surface area contributed by atoms with Crippen molar-refractivity contribution >= 4 is 35.8 Å². The third-order valence-corrected chi connectivity index (χ3v) is 3.74. The van der Waals surface area contributed by atoms with Crippen molar-refractivity contribution in [2.45, 2.75) is 32.4 Å². The summed E-state index contributed by atoms with van der Waals surface area (Å²) in [7, 11) is 0. The zero-order valence-corrected chi connectivity index (χ0v) is 12.9. The molecule has 4 nitrogen and oxygen atoms in total. The Kier molecular flexibility index (Phi) is 4.38. The fourth-order valence-corrected chi connectivity index (χ4v) is 2.51. The first-order valence-corrected chi connectivity index (χ1v) is 7.30. The topological polar surface area (TPSA) is 49.4 Å². The molecule has 1 heterocycles. The Morgan fingerprint density at radius 3 is 2.70 bits per heavy atom. The van der Waals surface area contributed by atoms with Gasteiger partial charge in [-0.3, -0.25) is 9.59 Å². The van der Waals surface area contributed by atoms with Crippen molar-refractivity contribution in [1.82, 2.24) is 0 Å². The summed E-state index contributed by atoms with van der Waals surface area (Å²) in [6, 6.07) is 5.64. The highest BCUT2D eigenvalue weighted by Crippen LogP contribution is 2.29. The van der Waals surface area contributed by atoms with E-state index in [9.17, 15) is 9.59 Å². The molecule has 0 spiro atoms. The summed E-state index contributed by atoms with van der Waals surface area (Å²) < 4.78 is 0. The number of aryl methyl sites for hydroxylation is 1. The molecule has 0 bridgehead atoms. The van der Waals surface area contributed by atoms with Crippen LogP contribution in [0.15, 0.2) is 18.2 Å². The van der Waals surface area contributed by atoms with Gasteiger partial charge in [-0.1, -0.05) is 19.9 Å². The maximum absolute atomic E-state index is 12.0. The van der Waals surface area contributed by atoms with Crippen LogP contribution in [0.4, 0.5) is 11.4 Å². The second-order valence-electron chi connectivity index (χ2n) is 5.51. The summed E-state index contributed by atoms with van der Waals surface area (Å²) in [5.74, 6) is -0.0185. The standard InChI is InChI=1S/C15H20N2O2S/c1-9(2)15(19)16-11-5-4-10(3)13(6-11)17-8-12(20)7-14(17)18/h4-6,9,12,20H,7-8H2,1-3H3,(H,16,19). The molecule has 20 heavy (non-hydrogen) atoms. The lowest BCUT2D eigenvalue weighted by molar-refractivity contribution is -0.119. The Morgan fingerprint density at radius 1 is 1.45 bits per heavy atom. The van der Waals surface area contributed by atoms with Crippen LogP contribution < -0.4 is 10.2 Å². The third-order valence-electron chi connectivity index (χ3n) is 3.40. The fraction of sp³-hybridized carbons (Fsp3) is 0.467. The van der Waals surface area contributed by atoms with Crippen molar-refractivity contribution < 1.29 is 9.59 Å². The first-order chi connectivity index (χ1) is 9.38. The van der Waals surface area contributed by atoms with E-state index in [1.54, 1.807) is 4.90 Å². The van der Waals surface area contributed by atoms with Crippen molar-refractivity contribution in [2.75, 3.05) is 16.8 Å². The van der Waals surface area contributed by atoms with Gasteiger partial charge >= 0.3 is 0 Å². The van der Waals surface area contributed by atoms with Gasteiger partial charge in [-0.25, -0.2) is 0 Å². The molecule has 1 aromatic carbocycles. The molecular weight excluding hydrogens is 272 g/mol. The van der Waals surface area contributed by atoms with Crippen LogP contribution in [0.2, 0.25) is 0 Å². The molecule has 1 aliphatic rings. The summed E-state index contributed by atoms with van der Waals surface area (Å²) in [5.41, 5.74) is 2.59. The van der Waals surface area contributed by atoms with Gasteiger partial charge in [0.05, 0.1) is 0 Å². The normalized spacial score (nSPS) is 18.8. The average molecular weight is 292 g/mol. The maximum Gasteiger partial charge on any atom is 0.228 e. The Bertz CT molecular complexity index is 543. The predicted molar refractivity (Wildman–Crippen MR) is 84.4 cm³/mol. The van der Waals surface area contributed by atoms with Crippen molar-refractivity contribution in [3.8, 4) is 0 Å². The molecule has 1 atom stereocenters. The highest BCUT2D eigenvalue weighted by molar-refractivity contribution is 7.81. The number of amides is 2. The number of thiol groups is 1. The molecule has 5 heteroatoms. The minimum Gasteiger partial charge on any atom is -0.326 e. The molecule has 2 rings (SSSR count). The highest BCUT2D eigenvalue weighted by atomic mass is 32.1. The van der Waals surface area contributed by atoms with Crippen LogP contribution in [0.1, 0.15) is 25.8 Å². The minimum atomic E-state index is -0.0741. The van der Waals surface area contributed by atoms with Gasteiger partial charge in [0.1, 0.15) is 0 Å². The molecule has 0 aromatic heterocycles. The van der Waals surface area contributed by atoms with Gasteiger partial charge in [0, 0.05) is 35.5 Å². The number of hydrogen-bond acceptors (Lipinski definition) is 3. The molecule has 2 amide bonds. The van der Waals surface area contributed by atoms with Crippen molar-refractivity contribution in [3.05, 3.63) is 23.8 Å². The number of carbonyl (C=O) groups excluding carboxylic acids is 2. The van der Waals surface area contributed by atoms with Gasteiger partial charge in [0.2, 0.25) is 11.8 Å². The lowest BCUT2D eigenvalue weighted by Gasteiger charge is -2.20. The highest BCUT2D eigenvalue weighted by Gasteiger charge is 2.29. The van der Waals surface area contributed by atoms with Crippen LogP contribution in [0.5, 0.6) is 0 Å². The third kappa shape index (κ3) is 3.15. The lowest BCUT2D eigenvalue weighted by atomic mass is 10.1. The number of anilines is 2. The van der Waals surface area contributed by atoms with Gasteiger partial charge in [-0.05, 0) is 24.6 Å². The summed E-state index contributed by atoms with van der Waals surface area (Å²) in [6.07, 6.45) is 0.463. The van der Waals surface area contributed by atoms with Gasteiger partial charge in [-0.2, -0.15) is 12.6 Å². The van der Waals surface area contributed by atoms with Crippen LogP contribution in [-0.2, 0) is 9.59 Å². The van der Waals surface area contributed by atoms with Crippen molar-refractivity contribution in [2.24, 2.45) is 5.92 Å². The van der Waals surface area contributed by atoms with Crippen molar-refractivity contribution in [3.63, 3.8) is 0 Å². The van der Waals surface area contributed by atoms with Crippen LogP contribution in [0.25, 0.3) is 0 Å². The molecular formula is C15H20N2O2S. The predicted octanol–water partition coefficient (Wildman–Crippen LogP) is 2.62. The van der Waals surface area contributed by atoms with Crippen LogP contribution in [0, 0.1) is 12.8 Å². The maximum atomic E-state index is 12.0.